The standard InChI is InChI=1S/C18H20N2O3/c1-12-7-5-6-8-15(12)13(2)19-20-18(21)14-9-10-16(22-3)17(11-14)23-4/h5-11H,1-4H3,(H,20,21)/b19-13-. The minimum absolute atomic E-state index is 0.307. The number of carbonyl (C=O) groups is 1. The molecule has 0 fully saturated rings. The number of aryl methyl sites for hydroxylation is 1. The highest BCUT2D eigenvalue weighted by atomic mass is 16.5. The lowest BCUT2D eigenvalue weighted by Gasteiger charge is -2.09. The summed E-state index contributed by atoms with van der Waals surface area (Å²) in [6.45, 7) is 3.86. The lowest BCUT2D eigenvalue weighted by Crippen LogP contribution is -2.19. The summed E-state index contributed by atoms with van der Waals surface area (Å²) in [6.07, 6.45) is 0. The van der Waals surface area contributed by atoms with Gasteiger partial charge in [-0.2, -0.15) is 5.10 Å². The van der Waals surface area contributed by atoms with Crippen LogP contribution in [0.4, 0.5) is 0 Å². The molecule has 1 N–H and O–H groups in total. The molecule has 5 nitrogen and oxygen atoms in total. The monoisotopic (exact) mass is 312 g/mol. The molecule has 0 saturated heterocycles. The molecule has 23 heavy (non-hydrogen) atoms. The number of hydrogen-bond acceptors (Lipinski definition) is 4. The fraction of sp³-hybridized carbons (Fsp3) is 0.222. The zero-order valence-corrected chi connectivity index (χ0v) is 13.7. The molecule has 0 aromatic heterocycles. The van der Waals surface area contributed by atoms with Gasteiger partial charge in [-0.3, -0.25) is 4.79 Å². The van der Waals surface area contributed by atoms with Crippen molar-refractivity contribution in [3.63, 3.8) is 0 Å². The minimum Gasteiger partial charge on any atom is -0.493 e. The molecular weight excluding hydrogens is 292 g/mol. The first-order valence-electron chi connectivity index (χ1n) is 7.19. The van der Waals surface area contributed by atoms with Crippen LogP contribution in [0.2, 0.25) is 0 Å². The van der Waals surface area contributed by atoms with Gasteiger partial charge in [0.2, 0.25) is 0 Å². The van der Waals surface area contributed by atoms with E-state index in [1.165, 1.54) is 7.11 Å². The lowest BCUT2D eigenvalue weighted by atomic mass is 10.1. The second-order valence-electron chi connectivity index (χ2n) is 5.02. The van der Waals surface area contributed by atoms with Crippen molar-refractivity contribution < 1.29 is 14.3 Å². The highest BCUT2D eigenvalue weighted by Crippen LogP contribution is 2.27. The Hall–Kier alpha value is -2.82. The largest absolute Gasteiger partial charge is 0.493 e. The van der Waals surface area contributed by atoms with Crippen molar-refractivity contribution in [2.75, 3.05) is 14.2 Å². The van der Waals surface area contributed by atoms with E-state index >= 15 is 0 Å². The van der Waals surface area contributed by atoms with E-state index in [0.29, 0.717) is 17.1 Å². The molecule has 0 aliphatic rings. The van der Waals surface area contributed by atoms with E-state index in [0.717, 1.165) is 16.8 Å². The highest BCUT2D eigenvalue weighted by molar-refractivity contribution is 6.01. The van der Waals surface area contributed by atoms with Gasteiger partial charge in [0.1, 0.15) is 0 Å². The molecule has 0 bridgehead atoms. The normalized spacial score (nSPS) is 11.0. The second-order valence-corrected chi connectivity index (χ2v) is 5.02. The molecule has 0 heterocycles. The molecular formula is C18H20N2O3. The Bertz CT molecular complexity index is 739. The van der Waals surface area contributed by atoms with Crippen LogP contribution in [0.3, 0.4) is 0 Å². The predicted molar refractivity (Wildman–Crippen MR) is 90.4 cm³/mol. The molecule has 0 aliphatic carbocycles. The third-order valence-electron chi connectivity index (χ3n) is 3.51. The molecule has 0 unspecified atom stereocenters. The summed E-state index contributed by atoms with van der Waals surface area (Å²) < 4.78 is 10.4. The van der Waals surface area contributed by atoms with Crippen LogP contribution in [0.5, 0.6) is 11.5 Å². The van der Waals surface area contributed by atoms with Gasteiger partial charge in [-0.25, -0.2) is 5.43 Å². The van der Waals surface area contributed by atoms with Crippen LogP contribution >= 0.6 is 0 Å². The summed E-state index contributed by atoms with van der Waals surface area (Å²) in [4.78, 5) is 12.2. The summed E-state index contributed by atoms with van der Waals surface area (Å²) in [5.74, 6) is 0.766. The Morgan fingerprint density at radius 2 is 1.74 bits per heavy atom. The van der Waals surface area contributed by atoms with E-state index in [4.69, 9.17) is 9.47 Å². The smallest absolute Gasteiger partial charge is 0.271 e. The molecule has 5 heteroatoms. The molecule has 0 radical (unpaired) electrons. The van der Waals surface area contributed by atoms with Crippen LogP contribution < -0.4 is 14.9 Å². The summed E-state index contributed by atoms with van der Waals surface area (Å²) >= 11 is 0. The number of ether oxygens (including phenoxy) is 2. The molecule has 2 aromatic rings. The SMILES string of the molecule is COc1ccc(C(=O)N/N=C(/C)c2ccccc2C)cc1OC. The number of rotatable bonds is 5. The van der Waals surface area contributed by atoms with Gasteiger partial charge in [0, 0.05) is 11.1 Å². The molecule has 2 rings (SSSR count). The summed E-state index contributed by atoms with van der Waals surface area (Å²) in [6, 6.07) is 12.8. The molecule has 0 aliphatic heterocycles. The lowest BCUT2D eigenvalue weighted by molar-refractivity contribution is 0.0954. The van der Waals surface area contributed by atoms with Crippen molar-refractivity contribution in [1.29, 1.82) is 0 Å². The predicted octanol–water partition coefficient (Wildman–Crippen LogP) is 3.17. The van der Waals surface area contributed by atoms with Crippen molar-refractivity contribution in [3.8, 4) is 11.5 Å². The number of hydrogen-bond donors (Lipinski definition) is 1. The van der Waals surface area contributed by atoms with Crippen LogP contribution in [-0.2, 0) is 0 Å². The Kier molecular flexibility index (Phi) is 5.36. The molecule has 0 atom stereocenters. The Labute approximate surface area is 135 Å². The average Bonchev–Trinajstić information content (AvgIpc) is 2.59. The first-order chi connectivity index (χ1) is 11.1. The van der Waals surface area contributed by atoms with Crippen molar-refractivity contribution in [2.45, 2.75) is 13.8 Å². The molecule has 2 aromatic carbocycles. The third-order valence-corrected chi connectivity index (χ3v) is 3.51. The van der Waals surface area contributed by atoms with E-state index in [9.17, 15) is 4.79 Å². The van der Waals surface area contributed by atoms with Crippen molar-refractivity contribution in [2.24, 2.45) is 5.10 Å². The van der Waals surface area contributed by atoms with Gasteiger partial charge in [-0.15, -0.1) is 0 Å². The van der Waals surface area contributed by atoms with Crippen LogP contribution in [-0.4, -0.2) is 25.8 Å². The van der Waals surface area contributed by atoms with Crippen molar-refractivity contribution in [3.05, 3.63) is 59.2 Å². The molecule has 120 valence electrons. The fourth-order valence-electron chi connectivity index (χ4n) is 2.22. The number of carbonyl (C=O) groups excluding carboxylic acids is 1. The maximum Gasteiger partial charge on any atom is 0.271 e. The number of methoxy groups -OCH3 is 2. The number of nitrogens with one attached hydrogen (secondary N) is 1. The third kappa shape index (κ3) is 3.88. The zero-order valence-electron chi connectivity index (χ0n) is 13.7. The van der Waals surface area contributed by atoms with E-state index in [2.05, 4.69) is 10.5 Å². The van der Waals surface area contributed by atoms with Crippen LogP contribution in [0, 0.1) is 6.92 Å². The van der Waals surface area contributed by atoms with Gasteiger partial charge in [0.15, 0.2) is 11.5 Å². The van der Waals surface area contributed by atoms with E-state index in [1.807, 2.05) is 38.1 Å². The van der Waals surface area contributed by atoms with E-state index in [1.54, 1.807) is 25.3 Å². The molecule has 1 amide bonds. The first kappa shape index (κ1) is 16.5. The molecule has 0 saturated carbocycles. The van der Waals surface area contributed by atoms with Gasteiger partial charge in [-0.05, 0) is 37.6 Å². The van der Waals surface area contributed by atoms with Crippen molar-refractivity contribution >= 4 is 11.6 Å². The topological polar surface area (TPSA) is 59.9 Å². The van der Waals surface area contributed by atoms with Crippen LogP contribution in [0.15, 0.2) is 47.6 Å². The Balaban J connectivity index is 2.16. The Morgan fingerprint density at radius 3 is 2.39 bits per heavy atom. The molecule has 0 spiro atoms. The maximum atomic E-state index is 12.2. The van der Waals surface area contributed by atoms with E-state index in [-0.39, 0.29) is 5.91 Å². The first-order valence-corrected chi connectivity index (χ1v) is 7.19. The van der Waals surface area contributed by atoms with Crippen LogP contribution in [0.1, 0.15) is 28.4 Å². The highest BCUT2D eigenvalue weighted by Gasteiger charge is 2.10. The van der Waals surface area contributed by atoms with Gasteiger partial charge < -0.3 is 9.47 Å². The summed E-state index contributed by atoms with van der Waals surface area (Å²) in [5, 5.41) is 4.17. The van der Waals surface area contributed by atoms with Gasteiger partial charge in [0.25, 0.3) is 5.91 Å². The van der Waals surface area contributed by atoms with Crippen molar-refractivity contribution in [1.82, 2.24) is 5.43 Å². The van der Waals surface area contributed by atoms with E-state index < -0.39 is 0 Å². The van der Waals surface area contributed by atoms with Gasteiger partial charge in [-0.1, -0.05) is 24.3 Å². The summed E-state index contributed by atoms with van der Waals surface area (Å²) in [5.41, 5.74) is 5.87. The number of nitrogens with zero attached hydrogens (tertiary/aromatic N) is 1. The second kappa shape index (κ2) is 7.45. The maximum absolute atomic E-state index is 12.2. The zero-order chi connectivity index (χ0) is 16.8. The quantitative estimate of drug-likeness (QED) is 0.681. The van der Waals surface area contributed by atoms with Gasteiger partial charge >= 0.3 is 0 Å². The number of amides is 1. The fourth-order valence-corrected chi connectivity index (χ4v) is 2.22. The number of hydrazone groups is 1. The number of benzene rings is 2. The van der Waals surface area contributed by atoms with Crippen LogP contribution in [0.25, 0.3) is 0 Å². The minimum atomic E-state index is -0.307. The average molecular weight is 312 g/mol. The van der Waals surface area contributed by atoms with Gasteiger partial charge in [0.05, 0.1) is 19.9 Å². The Morgan fingerprint density at radius 1 is 1.04 bits per heavy atom. The summed E-state index contributed by atoms with van der Waals surface area (Å²) in [7, 11) is 3.08.